The molecule has 2 aromatic carbocycles. The maximum Gasteiger partial charge on any atom is 0.308 e. The lowest BCUT2D eigenvalue weighted by molar-refractivity contribution is -0.164. The van der Waals surface area contributed by atoms with Gasteiger partial charge in [-0.2, -0.15) is 0 Å². The van der Waals surface area contributed by atoms with E-state index >= 15 is 0 Å². The smallest absolute Gasteiger partial charge is 0.308 e. The third-order valence-corrected chi connectivity index (χ3v) is 5.51. The summed E-state index contributed by atoms with van der Waals surface area (Å²) in [5.41, 5.74) is 8.82. The van der Waals surface area contributed by atoms with Gasteiger partial charge in [-0.15, -0.1) is 0 Å². The van der Waals surface area contributed by atoms with Gasteiger partial charge in [-0.1, -0.05) is 47.5 Å². The summed E-state index contributed by atoms with van der Waals surface area (Å²) in [6.45, 7) is 13.1. The number of ether oxygens (including phenoxy) is 4. The van der Waals surface area contributed by atoms with Gasteiger partial charge in [0.15, 0.2) is 12.6 Å². The maximum absolute atomic E-state index is 11.9. The lowest BCUT2D eigenvalue weighted by atomic mass is 10.2. The van der Waals surface area contributed by atoms with E-state index in [-0.39, 0.29) is 18.7 Å². The summed E-state index contributed by atoms with van der Waals surface area (Å²) in [6, 6.07) is 11.1. The molecule has 0 heterocycles. The Bertz CT molecular complexity index is 940. The molecule has 0 atom stereocenters. The lowest BCUT2D eigenvalue weighted by Crippen LogP contribution is -2.25. The molecule has 0 saturated carbocycles. The van der Waals surface area contributed by atoms with Gasteiger partial charge >= 0.3 is 5.97 Å². The summed E-state index contributed by atoms with van der Waals surface area (Å²) in [5, 5.41) is 12.3. The van der Waals surface area contributed by atoms with Crippen LogP contribution in [0.3, 0.4) is 0 Å². The zero-order chi connectivity index (χ0) is 29.8. The summed E-state index contributed by atoms with van der Waals surface area (Å²) < 4.78 is 20.7. The number of aliphatic carboxylic acids is 1. The van der Waals surface area contributed by atoms with Crippen LogP contribution in [0, 0.1) is 13.8 Å². The molecule has 0 aliphatic rings. The Morgan fingerprint density at radius 2 is 1.23 bits per heavy atom. The number of carboxylic acids is 1. The average molecular weight is 590 g/mol. The summed E-state index contributed by atoms with van der Waals surface area (Å²) >= 11 is 11.7. The Morgan fingerprint density at radius 3 is 1.62 bits per heavy atom. The van der Waals surface area contributed by atoms with E-state index in [4.69, 9.17) is 53.0 Å². The second-order valence-electron chi connectivity index (χ2n) is 7.93. The van der Waals surface area contributed by atoms with Crippen LogP contribution in [0.2, 0.25) is 10.0 Å². The number of benzene rings is 2. The fourth-order valence-electron chi connectivity index (χ4n) is 2.99. The number of para-hydroxylation sites is 2. The number of carbonyl (C=O) groups is 2. The van der Waals surface area contributed by atoms with E-state index in [1.807, 2.05) is 52.0 Å². The zero-order valence-corrected chi connectivity index (χ0v) is 25.1. The number of carbonyl (C=O) groups excluding carboxylic acids is 1. The number of nitrogens with two attached hydrogens (primary N) is 1. The number of nitrogens with one attached hydrogen (secondary N) is 1. The van der Waals surface area contributed by atoms with Gasteiger partial charge < -0.3 is 35.1 Å². The van der Waals surface area contributed by atoms with Gasteiger partial charge in [0.2, 0.25) is 5.91 Å². The van der Waals surface area contributed by atoms with Crippen LogP contribution >= 0.6 is 23.2 Å². The lowest BCUT2D eigenvalue weighted by Gasteiger charge is -2.17. The number of hydrogen-bond donors (Lipinski definition) is 3. The van der Waals surface area contributed by atoms with Gasteiger partial charge in [0.05, 0.1) is 34.3 Å². The van der Waals surface area contributed by atoms with Crippen molar-refractivity contribution in [2.45, 2.75) is 67.0 Å². The number of anilines is 2. The van der Waals surface area contributed by atoms with Crippen LogP contribution in [0.5, 0.6) is 0 Å². The number of nitrogen functional groups attached to an aromatic ring is 1. The first-order chi connectivity index (χ1) is 18.5. The van der Waals surface area contributed by atoms with E-state index < -0.39 is 18.5 Å². The van der Waals surface area contributed by atoms with Crippen LogP contribution < -0.4 is 11.1 Å². The van der Waals surface area contributed by atoms with Gasteiger partial charge in [0.1, 0.15) is 0 Å². The van der Waals surface area contributed by atoms with E-state index in [0.717, 1.165) is 11.1 Å². The minimum absolute atomic E-state index is 0.0956. The van der Waals surface area contributed by atoms with E-state index in [9.17, 15) is 9.59 Å². The standard InChI is InChI=1S/C14H20ClNO3.C7H8ClN.C7H14O4/c1-4-18-13(19-5-2)9-12(17)16-14-10(3)7-6-8-11(14)15;1-5-3-2-4-6(8)7(5)9;1-3-10-7(11-4-2)5-6(8)9/h6-8,13H,4-5,9H2,1-3H3,(H,16,17);2-4H,9H2,1H3;7H,3-5H2,1-2H3,(H,8,9). The third-order valence-electron chi connectivity index (χ3n) is 4.86. The molecule has 2 aromatic rings. The van der Waals surface area contributed by atoms with Gasteiger partial charge in [-0.3, -0.25) is 9.59 Å². The second-order valence-corrected chi connectivity index (χ2v) is 8.75. The van der Waals surface area contributed by atoms with Crippen molar-refractivity contribution < 1.29 is 33.6 Å². The van der Waals surface area contributed by atoms with Crippen LogP contribution in [-0.2, 0) is 28.5 Å². The largest absolute Gasteiger partial charge is 0.481 e. The first-order valence-corrected chi connectivity index (χ1v) is 13.5. The first-order valence-electron chi connectivity index (χ1n) is 12.7. The molecular formula is C28H42Cl2N2O7. The highest BCUT2D eigenvalue weighted by molar-refractivity contribution is 6.34. The predicted molar refractivity (Wildman–Crippen MR) is 156 cm³/mol. The normalized spacial score (nSPS) is 10.4. The summed E-state index contributed by atoms with van der Waals surface area (Å²) in [6.07, 6.45) is -1.06. The number of carboxylic acid groups (broad SMARTS) is 1. The molecule has 0 radical (unpaired) electrons. The molecule has 0 saturated heterocycles. The molecule has 220 valence electrons. The first kappa shape index (κ1) is 36.6. The Hall–Kier alpha value is -2.40. The molecule has 0 aliphatic carbocycles. The second kappa shape index (κ2) is 21.4. The molecular weight excluding hydrogens is 547 g/mol. The molecule has 0 aliphatic heterocycles. The van der Waals surface area contributed by atoms with E-state index in [1.165, 1.54) is 0 Å². The fourth-order valence-corrected chi connectivity index (χ4v) is 3.49. The maximum atomic E-state index is 11.9. The average Bonchev–Trinajstić information content (AvgIpc) is 2.86. The molecule has 0 fully saturated rings. The number of amides is 1. The molecule has 9 nitrogen and oxygen atoms in total. The van der Waals surface area contributed by atoms with Gasteiger partial charge in [-0.25, -0.2) is 0 Å². The zero-order valence-electron chi connectivity index (χ0n) is 23.6. The molecule has 0 spiro atoms. The predicted octanol–water partition coefficient (Wildman–Crippen LogP) is 6.47. The van der Waals surface area contributed by atoms with Crippen LogP contribution in [0.1, 0.15) is 51.7 Å². The summed E-state index contributed by atoms with van der Waals surface area (Å²) in [7, 11) is 0. The molecule has 0 aromatic heterocycles. The van der Waals surface area contributed by atoms with Crippen molar-refractivity contribution in [1.29, 1.82) is 0 Å². The highest BCUT2D eigenvalue weighted by atomic mass is 35.5. The molecule has 11 heteroatoms. The quantitative estimate of drug-likeness (QED) is 0.179. The SMILES string of the molecule is CCOC(CC(=O)Nc1c(C)cccc1Cl)OCC.CCOC(CC(=O)O)OCC.Cc1cccc(Cl)c1N. The minimum atomic E-state index is -0.906. The minimum Gasteiger partial charge on any atom is -0.481 e. The molecule has 0 unspecified atom stereocenters. The Balaban J connectivity index is 0.000000611. The molecule has 1 amide bonds. The van der Waals surface area contributed by atoms with E-state index in [0.29, 0.717) is 47.8 Å². The Labute approximate surface area is 241 Å². The summed E-state index contributed by atoms with van der Waals surface area (Å²) in [5.74, 6) is -1.08. The van der Waals surface area contributed by atoms with Gasteiger partial charge in [-0.05, 0) is 64.8 Å². The Morgan fingerprint density at radius 1 is 0.795 bits per heavy atom. The van der Waals surface area contributed by atoms with Gasteiger partial charge in [0.25, 0.3) is 0 Å². The van der Waals surface area contributed by atoms with Crippen LogP contribution in [0.4, 0.5) is 11.4 Å². The van der Waals surface area contributed by atoms with Crippen LogP contribution in [-0.4, -0.2) is 56.0 Å². The number of hydrogen-bond acceptors (Lipinski definition) is 7. The Kier molecular flexibility index (Phi) is 20.1. The van der Waals surface area contributed by atoms with Crippen molar-refractivity contribution >= 4 is 46.5 Å². The number of rotatable bonds is 13. The van der Waals surface area contributed by atoms with Crippen molar-refractivity contribution in [3.63, 3.8) is 0 Å². The van der Waals surface area contributed by atoms with E-state index in [2.05, 4.69) is 5.32 Å². The molecule has 2 rings (SSSR count). The van der Waals surface area contributed by atoms with E-state index in [1.54, 1.807) is 26.0 Å². The highest BCUT2D eigenvalue weighted by Gasteiger charge is 2.16. The third kappa shape index (κ3) is 16.3. The van der Waals surface area contributed by atoms with Crippen molar-refractivity contribution in [1.82, 2.24) is 0 Å². The van der Waals surface area contributed by atoms with Crippen molar-refractivity contribution in [2.75, 3.05) is 37.5 Å². The van der Waals surface area contributed by atoms with Crippen LogP contribution in [0.15, 0.2) is 36.4 Å². The topological polar surface area (TPSA) is 129 Å². The fraction of sp³-hybridized carbons (Fsp3) is 0.500. The molecule has 0 bridgehead atoms. The van der Waals surface area contributed by atoms with Crippen molar-refractivity contribution in [3.05, 3.63) is 57.6 Å². The monoisotopic (exact) mass is 588 g/mol. The van der Waals surface area contributed by atoms with Crippen molar-refractivity contribution in [2.24, 2.45) is 0 Å². The summed E-state index contributed by atoms with van der Waals surface area (Å²) in [4.78, 5) is 22.1. The molecule has 4 N–H and O–H groups in total. The number of halogens is 2. The van der Waals surface area contributed by atoms with Gasteiger partial charge in [0, 0.05) is 26.4 Å². The van der Waals surface area contributed by atoms with Crippen LogP contribution in [0.25, 0.3) is 0 Å². The van der Waals surface area contributed by atoms with Crippen molar-refractivity contribution in [3.8, 4) is 0 Å². The highest BCUT2D eigenvalue weighted by Crippen LogP contribution is 2.25. The number of aryl methyl sites for hydroxylation is 2. The molecule has 39 heavy (non-hydrogen) atoms.